The monoisotopic (exact) mass is 403 g/mol. The zero-order valence-corrected chi connectivity index (χ0v) is 17.1. The predicted octanol–water partition coefficient (Wildman–Crippen LogP) is 4.01. The molecule has 1 fully saturated rings. The molecule has 1 unspecified atom stereocenters. The summed E-state index contributed by atoms with van der Waals surface area (Å²) in [5.74, 6) is 0.824. The maximum absolute atomic E-state index is 12.5. The Balaban J connectivity index is 1.65. The van der Waals surface area contributed by atoms with Crippen LogP contribution < -0.4 is 5.32 Å². The topological polar surface area (TPSA) is 72.2 Å². The smallest absolute Gasteiger partial charge is 0.233 e. The second-order valence-corrected chi connectivity index (χ2v) is 8.81. The van der Waals surface area contributed by atoms with Gasteiger partial charge in [-0.3, -0.25) is 9.20 Å². The lowest BCUT2D eigenvalue weighted by atomic mass is 10.1. The molecule has 5 rings (SSSR count). The zero-order chi connectivity index (χ0) is 20.0. The lowest BCUT2D eigenvalue weighted by Gasteiger charge is -2.13. The summed E-state index contributed by atoms with van der Waals surface area (Å²) in [6.45, 7) is 3.97. The quantitative estimate of drug-likeness (QED) is 0.510. The van der Waals surface area contributed by atoms with Gasteiger partial charge in [-0.1, -0.05) is 47.7 Å². The van der Waals surface area contributed by atoms with E-state index in [1.807, 2.05) is 47.7 Å². The van der Waals surface area contributed by atoms with E-state index in [2.05, 4.69) is 34.6 Å². The molecule has 0 bridgehead atoms. The van der Waals surface area contributed by atoms with Crippen molar-refractivity contribution >= 4 is 34.2 Å². The largest absolute Gasteiger partial charge is 0.352 e. The van der Waals surface area contributed by atoms with Crippen molar-refractivity contribution in [2.75, 3.05) is 0 Å². The fraction of sp³-hybridized carbons (Fsp3) is 0.273. The summed E-state index contributed by atoms with van der Waals surface area (Å²) in [5.41, 5.74) is 3.78. The number of rotatable bonds is 5. The van der Waals surface area contributed by atoms with Crippen LogP contribution in [0.1, 0.15) is 25.3 Å². The summed E-state index contributed by atoms with van der Waals surface area (Å²) in [4.78, 5) is 17.4. The summed E-state index contributed by atoms with van der Waals surface area (Å²) in [5, 5.41) is 13.3. The Kier molecular flexibility index (Phi) is 4.47. The molecular weight excluding hydrogens is 382 g/mol. The molecule has 2 heterocycles. The fourth-order valence-corrected chi connectivity index (χ4v) is 4.23. The molecule has 0 radical (unpaired) electrons. The fourth-order valence-electron chi connectivity index (χ4n) is 3.37. The van der Waals surface area contributed by atoms with E-state index in [-0.39, 0.29) is 11.2 Å². The van der Waals surface area contributed by atoms with Crippen LogP contribution in [-0.2, 0) is 4.79 Å². The van der Waals surface area contributed by atoms with Crippen LogP contribution in [-0.4, -0.2) is 36.8 Å². The summed E-state index contributed by atoms with van der Waals surface area (Å²) in [7, 11) is 0. The first-order chi connectivity index (χ1) is 14.1. The Hall–Kier alpha value is -2.93. The van der Waals surface area contributed by atoms with Gasteiger partial charge in [-0.15, -0.1) is 10.2 Å². The van der Waals surface area contributed by atoms with Crippen molar-refractivity contribution in [3.8, 4) is 11.4 Å². The van der Waals surface area contributed by atoms with E-state index in [0.29, 0.717) is 11.2 Å². The normalized spacial score (nSPS) is 15.0. The van der Waals surface area contributed by atoms with E-state index >= 15 is 0 Å². The molecule has 0 spiro atoms. The van der Waals surface area contributed by atoms with Crippen LogP contribution in [0.25, 0.3) is 27.9 Å². The van der Waals surface area contributed by atoms with Crippen LogP contribution in [0.4, 0.5) is 0 Å². The molecule has 6 nitrogen and oxygen atoms in total. The number of nitrogens with one attached hydrogen (secondary N) is 1. The summed E-state index contributed by atoms with van der Waals surface area (Å²) in [6, 6.07) is 16.5. The first-order valence-electron chi connectivity index (χ1n) is 9.78. The molecule has 1 amide bonds. The minimum absolute atomic E-state index is 0.0418. The molecule has 1 N–H and O–H groups in total. The third-order valence-corrected chi connectivity index (χ3v) is 6.11. The predicted molar refractivity (Wildman–Crippen MR) is 115 cm³/mol. The van der Waals surface area contributed by atoms with Crippen molar-refractivity contribution < 1.29 is 4.79 Å². The number of benzene rings is 2. The number of carbonyl (C=O) groups excluding carboxylic acids is 1. The van der Waals surface area contributed by atoms with Gasteiger partial charge in [0.15, 0.2) is 10.8 Å². The molecule has 1 aliphatic rings. The van der Waals surface area contributed by atoms with E-state index in [9.17, 15) is 4.79 Å². The summed E-state index contributed by atoms with van der Waals surface area (Å²) < 4.78 is 1.97. The standard InChI is InChI=1S/C22H21N5OS/c1-13-6-5-7-15(12-13)19-24-18-9-4-3-8-17(18)20-25-26-22(27(19)20)29-14(2)21(28)23-16-10-11-16/h3-9,12,14,16H,10-11H2,1-2H3,(H,23,28). The number of amides is 1. The van der Waals surface area contributed by atoms with E-state index < -0.39 is 0 Å². The SMILES string of the molecule is Cc1cccc(-c2nc3ccccc3c3nnc(SC(C)C(=O)NC4CC4)n23)c1. The van der Waals surface area contributed by atoms with E-state index in [4.69, 9.17) is 4.98 Å². The number of para-hydroxylation sites is 1. The second kappa shape index (κ2) is 7.15. The number of aryl methyl sites for hydroxylation is 1. The van der Waals surface area contributed by atoms with Gasteiger partial charge in [0.05, 0.1) is 10.8 Å². The van der Waals surface area contributed by atoms with Gasteiger partial charge in [0.25, 0.3) is 0 Å². The number of hydrogen-bond acceptors (Lipinski definition) is 5. The van der Waals surface area contributed by atoms with E-state index in [1.54, 1.807) is 0 Å². The van der Waals surface area contributed by atoms with Crippen molar-refractivity contribution in [3.05, 3.63) is 54.1 Å². The Morgan fingerprint density at radius 2 is 2.00 bits per heavy atom. The number of aromatic nitrogens is 4. The Morgan fingerprint density at radius 1 is 1.17 bits per heavy atom. The number of carbonyl (C=O) groups is 1. The van der Waals surface area contributed by atoms with Crippen LogP contribution in [0.2, 0.25) is 0 Å². The molecule has 7 heteroatoms. The van der Waals surface area contributed by atoms with Crippen LogP contribution in [0.3, 0.4) is 0 Å². The maximum atomic E-state index is 12.5. The molecule has 29 heavy (non-hydrogen) atoms. The summed E-state index contributed by atoms with van der Waals surface area (Å²) in [6.07, 6.45) is 2.15. The first kappa shape index (κ1) is 18.1. The molecule has 1 atom stereocenters. The van der Waals surface area contributed by atoms with Crippen molar-refractivity contribution in [3.63, 3.8) is 0 Å². The number of nitrogens with zero attached hydrogens (tertiary/aromatic N) is 4. The highest BCUT2D eigenvalue weighted by molar-refractivity contribution is 8.00. The van der Waals surface area contributed by atoms with Crippen LogP contribution in [0.15, 0.2) is 53.7 Å². The number of thioether (sulfide) groups is 1. The third kappa shape index (κ3) is 3.46. The van der Waals surface area contributed by atoms with Crippen molar-refractivity contribution in [2.24, 2.45) is 0 Å². The van der Waals surface area contributed by atoms with Crippen LogP contribution in [0, 0.1) is 6.92 Å². The van der Waals surface area contributed by atoms with Gasteiger partial charge in [-0.2, -0.15) is 0 Å². The van der Waals surface area contributed by atoms with E-state index in [1.165, 1.54) is 11.8 Å². The number of fused-ring (bicyclic) bond motifs is 3. The zero-order valence-electron chi connectivity index (χ0n) is 16.3. The Bertz CT molecular complexity index is 1230. The minimum atomic E-state index is -0.264. The molecule has 1 saturated carbocycles. The molecule has 0 aliphatic heterocycles. The van der Waals surface area contributed by atoms with Crippen molar-refractivity contribution in [1.29, 1.82) is 0 Å². The maximum Gasteiger partial charge on any atom is 0.233 e. The molecule has 4 aromatic rings. The van der Waals surface area contributed by atoms with Gasteiger partial charge in [-0.05, 0) is 44.9 Å². The van der Waals surface area contributed by atoms with Gasteiger partial charge in [-0.25, -0.2) is 4.98 Å². The van der Waals surface area contributed by atoms with Crippen LogP contribution >= 0.6 is 11.8 Å². The Labute approximate surface area is 172 Å². The lowest BCUT2D eigenvalue weighted by Crippen LogP contribution is -2.32. The highest BCUT2D eigenvalue weighted by Gasteiger charge is 2.27. The van der Waals surface area contributed by atoms with Crippen molar-refractivity contribution in [2.45, 2.75) is 43.1 Å². The van der Waals surface area contributed by atoms with Crippen LogP contribution in [0.5, 0.6) is 0 Å². The number of hydrogen-bond donors (Lipinski definition) is 1. The lowest BCUT2D eigenvalue weighted by molar-refractivity contribution is -0.120. The average molecular weight is 404 g/mol. The molecule has 146 valence electrons. The van der Waals surface area contributed by atoms with Gasteiger partial charge < -0.3 is 5.32 Å². The second-order valence-electron chi connectivity index (χ2n) is 7.51. The summed E-state index contributed by atoms with van der Waals surface area (Å²) >= 11 is 1.42. The molecule has 0 saturated heterocycles. The highest BCUT2D eigenvalue weighted by Crippen LogP contribution is 2.31. The first-order valence-corrected chi connectivity index (χ1v) is 10.7. The van der Waals surface area contributed by atoms with Crippen molar-refractivity contribution in [1.82, 2.24) is 24.9 Å². The van der Waals surface area contributed by atoms with Gasteiger partial charge in [0.2, 0.25) is 5.91 Å². The van der Waals surface area contributed by atoms with Gasteiger partial charge in [0, 0.05) is 17.0 Å². The molecule has 1 aliphatic carbocycles. The molecule has 2 aromatic heterocycles. The van der Waals surface area contributed by atoms with Gasteiger partial charge in [0.1, 0.15) is 5.82 Å². The van der Waals surface area contributed by atoms with Gasteiger partial charge >= 0.3 is 0 Å². The average Bonchev–Trinajstić information content (AvgIpc) is 3.44. The molecule has 2 aromatic carbocycles. The highest BCUT2D eigenvalue weighted by atomic mass is 32.2. The van der Waals surface area contributed by atoms with E-state index in [0.717, 1.165) is 46.3 Å². The molecular formula is C22H21N5OS. The minimum Gasteiger partial charge on any atom is -0.352 e. The Morgan fingerprint density at radius 3 is 2.79 bits per heavy atom. The third-order valence-electron chi connectivity index (χ3n) is 5.07.